The van der Waals surface area contributed by atoms with Crippen LogP contribution in [0.5, 0.6) is 0 Å². The first kappa shape index (κ1) is 13.3. The second kappa shape index (κ2) is 6.71. The summed E-state index contributed by atoms with van der Waals surface area (Å²) < 4.78 is 5.46. The van der Waals surface area contributed by atoms with Crippen LogP contribution >= 0.6 is 0 Å². The summed E-state index contributed by atoms with van der Waals surface area (Å²) in [6, 6.07) is 4.25. The average molecular weight is 249 g/mol. The lowest BCUT2D eigenvalue weighted by Gasteiger charge is -2.32. The maximum atomic E-state index is 5.46. The van der Waals surface area contributed by atoms with E-state index in [4.69, 9.17) is 4.74 Å². The van der Waals surface area contributed by atoms with Gasteiger partial charge in [-0.3, -0.25) is 0 Å². The molecule has 0 radical (unpaired) electrons. The molecule has 18 heavy (non-hydrogen) atoms. The van der Waals surface area contributed by atoms with Gasteiger partial charge in [0.05, 0.1) is 6.10 Å². The molecule has 1 fully saturated rings. The van der Waals surface area contributed by atoms with Gasteiger partial charge < -0.3 is 15.0 Å². The first-order chi connectivity index (χ1) is 8.83. The van der Waals surface area contributed by atoms with Crippen LogP contribution in [0.2, 0.25) is 0 Å². The van der Waals surface area contributed by atoms with Crippen LogP contribution < -0.4 is 10.2 Å². The standard InChI is InChI=1S/C14H23N3O/c1-3-15-10-12-6-7-16-14(9-12)17-8-4-5-13(11-17)18-2/h6-7,9,13,15H,3-5,8,10-11H2,1-2H3. The number of nitrogens with zero attached hydrogens (tertiary/aromatic N) is 2. The lowest BCUT2D eigenvalue weighted by atomic mass is 10.1. The number of anilines is 1. The van der Waals surface area contributed by atoms with Gasteiger partial charge in [-0.05, 0) is 37.1 Å². The molecule has 1 aromatic rings. The number of piperidine rings is 1. The summed E-state index contributed by atoms with van der Waals surface area (Å²) in [5.41, 5.74) is 1.29. The highest BCUT2D eigenvalue weighted by Crippen LogP contribution is 2.19. The van der Waals surface area contributed by atoms with Crippen LogP contribution in [0.1, 0.15) is 25.3 Å². The van der Waals surface area contributed by atoms with Gasteiger partial charge in [0.2, 0.25) is 0 Å². The fourth-order valence-electron chi connectivity index (χ4n) is 2.35. The lowest BCUT2D eigenvalue weighted by molar-refractivity contribution is 0.0891. The molecule has 0 aromatic carbocycles. The molecule has 4 heteroatoms. The van der Waals surface area contributed by atoms with E-state index >= 15 is 0 Å². The van der Waals surface area contributed by atoms with Crippen molar-refractivity contribution < 1.29 is 4.74 Å². The molecule has 0 amide bonds. The Hall–Kier alpha value is -1.13. The van der Waals surface area contributed by atoms with Crippen LogP contribution in [-0.4, -0.2) is 37.8 Å². The highest BCUT2D eigenvalue weighted by molar-refractivity contribution is 5.41. The zero-order valence-corrected chi connectivity index (χ0v) is 11.4. The summed E-state index contributed by atoms with van der Waals surface area (Å²) in [5, 5.41) is 3.34. The van der Waals surface area contributed by atoms with E-state index < -0.39 is 0 Å². The highest BCUT2D eigenvalue weighted by atomic mass is 16.5. The fraction of sp³-hybridized carbons (Fsp3) is 0.643. The molecule has 0 saturated carbocycles. The summed E-state index contributed by atoms with van der Waals surface area (Å²) in [4.78, 5) is 6.81. The van der Waals surface area contributed by atoms with Gasteiger partial charge in [-0.2, -0.15) is 0 Å². The lowest BCUT2D eigenvalue weighted by Crippen LogP contribution is -2.39. The molecular weight excluding hydrogens is 226 g/mol. The van der Waals surface area contributed by atoms with Crippen molar-refractivity contribution in [1.29, 1.82) is 0 Å². The molecule has 1 aliphatic rings. The largest absolute Gasteiger partial charge is 0.380 e. The molecule has 100 valence electrons. The first-order valence-corrected chi connectivity index (χ1v) is 6.77. The average Bonchev–Trinajstić information content (AvgIpc) is 2.45. The Morgan fingerprint density at radius 2 is 2.44 bits per heavy atom. The Labute approximate surface area is 109 Å². The van der Waals surface area contributed by atoms with Crippen molar-refractivity contribution in [2.75, 3.05) is 31.6 Å². The van der Waals surface area contributed by atoms with E-state index in [0.29, 0.717) is 6.10 Å². The van der Waals surface area contributed by atoms with Crippen molar-refractivity contribution in [3.8, 4) is 0 Å². The normalized spacial score (nSPS) is 20.1. The van der Waals surface area contributed by atoms with Gasteiger partial charge in [0, 0.05) is 32.9 Å². The number of pyridine rings is 1. The molecule has 2 rings (SSSR count). The number of hydrogen-bond donors (Lipinski definition) is 1. The van der Waals surface area contributed by atoms with Crippen molar-refractivity contribution >= 4 is 5.82 Å². The van der Waals surface area contributed by atoms with Gasteiger partial charge in [-0.1, -0.05) is 6.92 Å². The van der Waals surface area contributed by atoms with Gasteiger partial charge in [-0.15, -0.1) is 0 Å². The van der Waals surface area contributed by atoms with E-state index in [1.165, 1.54) is 12.0 Å². The van der Waals surface area contributed by atoms with Crippen LogP contribution in [0.4, 0.5) is 5.82 Å². The van der Waals surface area contributed by atoms with Crippen molar-refractivity contribution in [2.24, 2.45) is 0 Å². The third kappa shape index (κ3) is 3.43. The minimum Gasteiger partial charge on any atom is -0.380 e. The third-order valence-corrected chi connectivity index (χ3v) is 3.42. The van der Waals surface area contributed by atoms with E-state index in [-0.39, 0.29) is 0 Å². The van der Waals surface area contributed by atoms with Crippen molar-refractivity contribution in [3.05, 3.63) is 23.9 Å². The fourth-order valence-corrected chi connectivity index (χ4v) is 2.35. The van der Waals surface area contributed by atoms with Crippen LogP contribution in [0.15, 0.2) is 18.3 Å². The summed E-state index contributed by atoms with van der Waals surface area (Å²) >= 11 is 0. The van der Waals surface area contributed by atoms with Gasteiger partial charge in [0.1, 0.15) is 5.82 Å². The SMILES string of the molecule is CCNCc1ccnc(N2CCCC(OC)C2)c1. The molecule has 0 aliphatic carbocycles. The Kier molecular flexibility index (Phi) is 4.96. The minimum absolute atomic E-state index is 0.345. The zero-order chi connectivity index (χ0) is 12.8. The molecule has 0 spiro atoms. The Bertz CT molecular complexity index is 370. The van der Waals surface area contributed by atoms with E-state index in [0.717, 1.165) is 38.4 Å². The summed E-state index contributed by atoms with van der Waals surface area (Å²) in [6.07, 6.45) is 4.58. The number of nitrogens with one attached hydrogen (secondary N) is 1. The number of aromatic nitrogens is 1. The molecule has 1 aromatic heterocycles. The second-order valence-electron chi connectivity index (χ2n) is 4.75. The molecule has 1 atom stereocenters. The van der Waals surface area contributed by atoms with Gasteiger partial charge in [0.15, 0.2) is 0 Å². The van der Waals surface area contributed by atoms with Crippen LogP contribution in [-0.2, 0) is 11.3 Å². The zero-order valence-electron chi connectivity index (χ0n) is 11.4. The second-order valence-corrected chi connectivity index (χ2v) is 4.75. The van der Waals surface area contributed by atoms with Gasteiger partial charge in [-0.25, -0.2) is 4.98 Å². The van der Waals surface area contributed by atoms with Crippen LogP contribution in [0, 0.1) is 0 Å². The van der Waals surface area contributed by atoms with E-state index in [9.17, 15) is 0 Å². The quantitative estimate of drug-likeness (QED) is 0.863. The topological polar surface area (TPSA) is 37.4 Å². The monoisotopic (exact) mass is 249 g/mol. The van der Waals surface area contributed by atoms with Crippen molar-refractivity contribution in [1.82, 2.24) is 10.3 Å². The predicted molar refractivity (Wildman–Crippen MR) is 73.9 cm³/mol. The molecule has 4 nitrogen and oxygen atoms in total. The molecule has 1 saturated heterocycles. The van der Waals surface area contributed by atoms with Crippen molar-refractivity contribution in [2.45, 2.75) is 32.4 Å². The number of methoxy groups -OCH3 is 1. The van der Waals surface area contributed by atoms with Crippen LogP contribution in [0.3, 0.4) is 0 Å². The van der Waals surface area contributed by atoms with Crippen molar-refractivity contribution in [3.63, 3.8) is 0 Å². The Morgan fingerprint density at radius 1 is 1.56 bits per heavy atom. The maximum Gasteiger partial charge on any atom is 0.128 e. The van der Waals surface area contributed by atoms with E-state index in [1.807, 2.05) is 6.20 Å². The molecule has 0 bridgehead atoms. The van der Waals surface area contributed by atoms with Gasteiger partial charge >= 0.3 is 0 Å². The van der Waals surface area contributed by atoms with Gasteiger partial charge in [0.25, 0.3) is 0 Å². The number of ether oxygens (including phenoxy) is 1. The first-order valence-electron chi connectivity index (χ1n) is 6.77. The third-order valence-electron chi connectivity index (χ3n) is 3.42. The predicted octanol–water partition coefficient (Wildman–Crippen LogP) is 1.81. The van der Waals surface area contributed by atoms with Crippen LogP contribution in [0.25, 0.3) is 0 Å². The Balaban J connectivity index is 2.02. The maximum absolute atomic E-state index is 5.46. The summed E-state index contributed by atoms with van der Waals surface area (Å²) in [5.74, 6) is 1.08. The summed E-state index contributed by atoms with van der Waals surface area (Å²) in [7, 11) is 1.79. The highest BCUT2D eigenvalue weighted by Gasteiger charge is 2.20. The molecule has 2 heterocycles. The Morgan fingerprint density at radius 3 is 3.22 bits per heavy atom. The molecule has 1 N–H and O–H groups in total. The number of rotatable bonds is 5. The molecule has 1 unspecified atom stereocenters. The van der Waals surface area contributed by atoms with E-state index in [2.05, 4.69) is 34.3 Å². The van der Waals surface area contributed by atoms with E-state index in [1.54, 1.807) is 7.11 Å². The number of hydrogen-bond acceptors (Lipinski definition) is 4. The summed E-state index contributed by atoms with van der Waals surface area (Å²) in [6.45, 7) is 6.06. The minimum atomic E-state index is 0.345. The smallest absolute Gasteiger partial charge is 0.128 e. The molecule has 1 aliphatic heterocycles. The molecular formula is C14H23N3O.